The highest BCUT2D eigenvalue weighted by molar-refractivity contribution is 7.98. The van der Waals surface area contributed by atoms with Gasteiger partial charge < -0.3 is 55.1 Å². The van der Waals surface area contributed by atoms with Crippen molar-refractivity contribution in [2.45, 2.75) is 135 Å². The van der Waals surface area contributed by atoms with Crippen molar-refractivity contribution in [3.63, 3.8) is 0 Å². The SMILES string of the molecule is CC(C)[C@H](NC(=O)OC(C)(C)C)C(=O)N[C@@H](C)C(=O)OC[C@H](COc1ccc(-c2c(C#N)c(N)nc(SCc3coc(-c4ccc(Cl)cc4)n3)c2C#N)cc1)OC(=O)[C@H](C)NC(=O)[C@@H](NC(=O)OC(C)(C)C)C(C)C. The third-order valence-corrected chi connectivity index (χ3v) is 11.6. The van der Waals surface area contributed by atoms with E-state index < -0.39 is 102 Å². The first-order valence-electron chi connectivity index (χ1n) is 23.8. The van der Waals surface area contributed by atoms with Crippen LogP contribution in [-0.2, 0) is 43.9 Å². The van der Waals surface area contributed by atoms with Crippen LogP contribution in [0.3, 0.4) is 0 Å². The largest absolute Gasteiger partial charge is 0.490 e. The molecule has 0 bridgehead atoms. The quantitative estimate of drug-likeness (QED) is 0.0304. The number of nitrogens with zero attached hydrogens (tertiary/aromatic N) is 4. The number of carbonyl (C=O) groups is 6. The van der Waals surface area contributed by atoms with Gasteiger partial charge in [-0.15, -0.1) is 0 Å². The molecule has 6 N–H and O–H groups in total. The molecule has 0 saturated heterocycles. The molecule has 75 heavy (non-hydrogen) atoms. The van der Waals surface area contributed by atoms with Crippen LogP contribution in [0.5, 0.6) is 5.75 Å². The fraction of sp³-hybridized carbons (Fsp3) is 0.462. The molecule has 0 fully saturated rings. The lowest BCUT2D eigenvalue weighted by Gasteiger charge is -2.27. The lowest BCUT2D eigenvalue weighted by atomic mass is 9.97. The highest BCUT2D eigenvalue weighted by atomic mass is 35.5. The van der Waals surface area contributed by atoms with Crippen molar-refractivity contribution in [3.8, 4) is 40.5 Å². The maximum atomic E-state index is 13.6. The van der Waals surface area contributed by atoms with Gasteiger partial charge in [-0.25, -0.2) is 29.1 Å². The zero-order valence-corrected chi connectivity index (χ0v) is 45.5. The Morgan fingerprint density at radius 3 is 1.71 bits per heavy atom. The van der Waals surface area contributed by atoms with Crippen LogP contribution in [0.25, 0.3) is 22.6 Å². The van der Waals surface area contributed by atoms with Crippen LogP contribution in [0.15, 0.2) is 64.2 Å². The van der Waals surface area contributed by atoms with Crippen LogP contribution in [0.1, 0.15) is 99.9 Å². The van der Waals surface area contributed by atoms with Crippen molar-refractivity contribution >= 4 is 65.1 Å². The molecule has 0 unspecified atom stereocenters. The van der Waals surface area contributed by atoms with Crippen LogP contribution in [0.4, 0.5) is 15.4 Å². The van der Waals surface area contributed by atoms with Crippen LogP contribution in [0, 0.1) is 34.5 Å². The molecule has 2 aromatic carbocycles. The van der Waals surface area contributed by atoms with Crippen molar-refractivity contribution < 1.29 is 56.9 Å². The van der Waals surface area contributed by atoms with E-state index in [0.29, 0.717) is 27.7 Å². The summed E-state index contributed by atoms with van der Waals surface area (Å²) in [5, 5.41) is 31.5. The van der Waals surface area contributed by atoms with Gasteiger partial charge in [0.2, 0.25) is 17.7 Å². The number of nitrogen functional groups attached to an aromatic ring is 1. The van der Waals surface area contributed by atoms with Crippen LogP contribution in [0.2, 0.25) is 5.02 Å². The Morgan fingerprint density at radius 1 is 0.707 bits per heavy atom. The normalized spacial score (nSPS) is 13.4. The number of aromatic nitrogens is 2. The van der Waals surface area contributed by atoms with Gasteiger partial charge in [-0.1, -0.05) is 63.2 Å². The van der Waals surface area contributed by atoms with E-state index in [4.69, 9.17) is 45.4 Å². The first-order valence-corrected chi connectivity index (χ1v) is 25.1. The van der Waals surface area contributed by atoms with Gasteiger partial charge in [-0.3, -0.25) is 9.59 Å². The van der Waals surface area contributed by atoms with E-state index in [9.17, 15) is 39.3 Å². The predicted molar refractivity (Wildman–Crippen MR) is 278 cm³/mol. The molecule has 0 aliphatic carbocycles. The lowest BCUT2D eigenvalue weighted by molar-refractivity contribution is -0.163. The number of benzene rings is 2. The number of ether oxygens (including phenoxy) is 5. The molecule has 4 amide bonds. The fourth-order valence-corrected chi connectivity index (χ4v) is 7.68. The summed E-state index contributed by atoms with van der Waals surface area (Å²) in [6, 6.07) is 12.7. The Kier molecular flexibility index (Phi) is 21.3. The fourth-order valence-electron chi connectivity index (χ4n) is 6.68. The number of alkyl carbamates (subject to hydrolysis) is 2. The predicted octanol–water partition coefficient (Wildman–Crippen LogP) is 7.62. The second kappa shape index (κ2) is 26.6. The second-order valence-electron chi connectivity index (χ2n) is 19.8. The summed E-state index contributed by atoms with van der Waals surface area (Å²) in [5.41, 5.74) is 6.57. The number of hydrogen-bond acceptors (Lipinski definition) is 18. The van der Waals surface area contributed by atoms with Gasteiger partial charge in [0.25, 0.3) is 0 Å². The highest BCUT2D eigenvalue weighted by Crippen LogP contribution is 2.37. The zero-order valence-electron chi connectivity index (χ0n) is 43.9. The Bertz CT molecular complexity index is 2760. The standard InChI is InChI=1S/C52H64ClN9O12S/c1-27(2)40(60-49(67)73-51(7,8)9)43(63)57-29(5)47(65)71-25-36(72-48(66)30(6)58-44(64)41(28(3)4)61-50(68)74-52(10,11)12)24-69-35-19-15-31(16-20-35)39-37(21-54)42(56)62-46(38(39)22-55)75-26-34-23-70-45(59-34)32-13-17-33(53)18-14-32/h13-20,23,27-30,36,40-41H,24-26H2,1-12H3,(H2,56,62)(H,57,63)(H,58,64)(H,60,67)(H,61,68)/t29-,30-,36-,40-,41-/m0/s1. The molecule has 23 heteroatoms. The number of carbonyl (C=O) groups excluding carboxylic acids is 6. The van der Waals surface area contributed by atoms with Crippen LogP contribution >= 0.6 is 23.4 Å². The topological polar surface area (TPSA) is 309 Å². The monoisotopic (exact) mass is 1070 g/mol. The Hall–Kier alpha value is -7.56. The summed E-state index contributed by atoms with van der Waals surface area (Å²) in [6.07, 6.45) is -1.50. The second-order valence-corrected chi connectivity index (χ2v) is 21.2. The van der Waals surface area contributed by atoms with E-state index in [-0.39, 0.29) is 39.0 Å². The van der Waals surface area contributed by atoms with Crippen molar-refractivity contribution in [2.24, 2.45) is 11.8 Å². The van der Waals surface area contributed by atoms with E-state index in [1.807, 2.05) is 0 Å². The molecule has 2 aromatic heterocycles. The van der Waals surface area contributed by atoms with E-state index in [1.54, 1.807) is 106 Å². The van der Waals surface area contributed by atoms with Gasteiger partial charge in [0.15, 0.2) is 6.10 Å². The number of rotatable bonds is 21. The number of thioether (sulfide) groups is 1. The van der Waals surface area contributed by atoms with Gasteiger partial charge >= 0.3 is 24.1 Å². The molecular formula is C52H64ClN9O12S. The highest BCUT2D eigenvalue weighted by Gasteiger charge is 2.33. The molecule has 21 nitrogen and oxygen atoms in total. The average Bonchev–Trinajstić information content (AvgIpc) is 3.80. The number of anilines is 1. The summed E-state index contributed by atoms with van der Waals surface area (Å²) < 4.78 is 33.5. The lowest BCUT2D eigenvalue weighted by Crippen LogP contribution is -2.54. The van der Waals surface area contributed by atoms with Crippen molar-refractivity contribution in [3.05, 3.63) is 76.6 Å². The average molecular weight is 1070 g/mol. The summed E-state index contributed by atoms with van der Waals surface area (Å²) >= 11 is 7.19. The molecule has 2 heterocycles. The molecule has 402 valence electrons. The Labute approximate surface area is 445 Å². The van der Waals surface area contributed by atoms with Gasteiger partial charge in [-0.2, -0.15) is 10.5 Å². The van der Waals surface area contributed by atoms with E-state index in [0.717, 1.165) is 0 Å². The number of nitrogens with two attached hydrogens (primary N) is 1. The molecular weight excluding hydrogens is 1010 g/mol. The number of amides is 4. The Balaban J connectivity index is 1.53. The molecule has 4 rings (SSSR count). The number of hydrogen-bond donors (Lipinski definition) is 5. The maximum Gasteiger partial charge on any atom is 0.408 e. The molecule has 5 atom stereocenters. The smallest absolute Gasteiger partial charge is 0.408 e. The summed E-state index contributed by atoms with van der Waals surface area (Å²) in [6.45, 7) is 18.5. The maximum absolute atomic E-state index is 13.6. The molecule has 0 spiro atoms. The summed E-state index contributed by atoms with van der Waals surface area (Å²) in [4.78, 5) is 87.5. The number of oxazole rings is 1. The number of pyridine rings is 1. The third kappa shape index (κ3) is 18.4. The first-order chi connectivity index (χ1) is 35.1. The number of nitriles is 2. The van der Waals surface area contributed by atoms with Gasteiger partial charge in [0, 0.05) is 21.9 Å². The van der Waals surface area contributed by atoms with Crippen LogP contribution < -0.4 is 31.7 Å². The van der Waals surface area contributed by atoms with Crippen molar-refractivity contribution in [2.75, 3.05) is 18.9 Å². The number of nitrogens with one attached hydrogen (secondary N) is 4. The van der Waals surface area contributed by atoms with Crippen LogP contribution in [-0.4, -0.2) is 101 Å². The van der Waals surface area contributed by atoms with Crippen molar-refractivity contribution in [1.82, 2.24) is 31.2 Å². The van der Waals surface area contributed by atoms with Gasteiger partial charge in [0.05, 0.1) is 11.3 Å². The summed E-state index contributed by atoms with van der Waals surface area (Å²) in [5.74, 6) is -3.39. The molecule has 0 aliphatic heterocycles. The minimum absolute atomic E-state index is 0.0317. The summed E-state index contributed by atoms with van der Waals surface area (Å²) in [7, 11) is 0. The van der Waals surface area contributed by atoms with Crippen molar-refractivity contribution in [1.29, 1.82) is 10.5 Å². The van der Waals surface area contributed by atoms with E-state index in [1.165, 1.54) is 44.0 Å². The molecule has 0 saturated carbocycles. The third-order valence-electron chi connectivity index (χ3n) is 10.4. The van der Waals surface area contributed by atoms with E-state index >= 15 is 0 Å². The number of halogens is 1. The molecule has 4 aromatic rings. The molecule has 0 aliphatic rings. The molecule has 0 radical (unpaired) electrons. The Morgan fingerprint density at radius 2 is 1.21 bits per heavy atom. The van der Waals surface area contributed by atoms with E-state index in [2.05, 4.69) is 43.4 Å². The van der Waals surface area contributed by atoms with Gasteiger partial charge in [-0.05, 0) is 109 Å². The first kappa shape index (κ1) is 60.0. The minimum Gasteiger partial charge on any atom is -0.490 e. The van der Waals surface area contributed by atoms with Gasteiger partial charge in [0.1, 0.15) is 89.1 Å². The minimum atomic E-state index is -1.32. The zero-order chi connectivity index (χ0) is 55.9. The number of esters is 2.